The molecule has 118 valence electrons. The van der Waals surface area contributed by atoms with E-state index in [1.165, 1.54) is 11.3 Å². The molecule has 1 amide bonds. The number of carbonyl (C=O) groups is 1. The molecule has 5 nitrogen and oxygen atoms in total. The molecule has 0 bridgehead atoms. The van der Waals surface area contributed by atoms with E-state index < -0.39 is 0 Å². The van der Waals surface area contributed by atoms with Crippen molar-refractivity contribution in [2.75, 3.05) is 20.2 Å². The molecule has 2 N–H and O–H groups in total. The lowest BCUT2D eigenvalue weighted by atomic mass is 9.98. The maximum Gasteiger partial charge on any atom is 0.265 e. The number of fused-ring (bicyclic) bond motifs is 1. The highest BCUT2D eigenvalue weighted by atomic mass is 35.5. The summed E-state index contributed by atoms with van der Waals surface area (Å²) in [7, 11) is 1.64. The van der Waals surface area contributed by atoms with E-state index in [1.807, 2.05) is 11.8 Å². The third kappa shape index (κ3) is 3.08. The molecule has 1 saturated carbocycles. The molecule has 2 fully saturated rings. The lowest BCUT2D eigenvalue weighted by Gasteiger charge is -2.18. The van der Waals surface area contributed by atoms with Crippen LogP contribution in [-0.2, 0) is 11.3 Å². The SMILES string of the molecule is COCc1nc(C)c(C(=O)N2CC3CCC(N)C3C2)s1.Cl. The first kappa shape index (κ1) is 16.7. The van der Waals surface area contributed by atoms with Crippen LogP contribution < -0.4 is 5.73 Å². The number of nitrogens with two attached hydrogens (primary N) is 1. The van der Waals surface area contributed by atoms with Crippen molar-refractivity contribution in [3.63, 3.8) is 0 Å². The largest absolute Gasteiger partial charge is 0.378 e. The number of amides is 1. The van der Waals surface area contributed by atoms with Crippen molar-refractivity contribution in [1.82, 2.24) is 9.88 Å². The highest BCUT2D eigenvalue weighted by Gasteiger charge is 2.43. The minimum Gasteiger partial charge on any atom is -0.378 e. The van der Waals surface area contributed by atoms with Crippen LogP contribution in [0.2, 0.25) is 0 Å². The summed E-state index contributed by atoms with van der Waals surface area (Å²) in [6.07, 6.45) is 2.27. The molecule has 1 aromatic heterocycles. The third-order valence-electron chi connectivity index (χ3n) is 4.50. The minimum absolute atomic E-state index is 0. The van der Waals surface area contributed by atoms with Crippen molar-refractivity contribution in [2.45, 2.75) is 32.4 Å². The van der Waals surface area contributed by atoms with Crippen LogP contribution in [0.25, 0.3) is 0 Å². The lowest BCUT2D eigenvalue weighted by molar-refractivity contribution is 0.0783. The molecule has 21 heavy (non-hydrogen) atoms. The van der Waals surface area contributed by atoms with Crippen molar-refractivity contribution in [3.8, 4) is 0 Å². The summed E-state index contributed by atoms with van der Waals surface area (Å²) in [4.78, 5) is 19.8. The molecule has 0 aromatic carbocycles. The van der Waals surface area contributed by atoms with E-state index in [2.05, 4.69) is 4.98 Å². The monoisotopic (exact) mass is 331 g/mol. The lowest BCUT2D eigenvalue weighted by Crippen LogP contribution is -2.33. The molecule has 3 unspecified atom stereocenters. The Morgan fingerprint density at radius 3 is 2.90 bits per heavy atom. The zero-order valence-electron chi connectivity index (χ0n) is 12.4. The normalized spacial score (nSPS) is 27.6. The van der Waals surface area contributed by atoms with Gasteiger partial charge in [-0.15, -0.1) is 23.7 Å². The maximum absolute atomic E-state index is 12.6. The number of hydrogen-bond acceptors (Lipinski definition) is 5. The van der Waals surface area contributed by atoms with Crippen LogP contribution in [0.5, 0.6) is 0 Å². The molecule has 0 radical (unpaired) electrons. The predicted molar refractivity (Wildman–Crippen MR) is 84.9 cm³/mol. The number of nitrogens with zero attached hydrogens (tertiary/aromatic N) is 2. The molecular weight excluding hydrogens is 310 g/mol. The van der Waals surface area contributed by atoms with Crippen LogP contribution in [0, 0.1) is 18.8 Å². The predicted octanol–water partition coefficient (Wildman–Crippen LogP) is 1.83. The van der Waals surface area contributed by atoms with Gasteiger partial charge in [0.25, 0.3) is 5.91 Å². The van der Waals surface area contributed by atoms with Gasteiger partial charge in [-0.3, -0.25) is 4.79 Å². The number of ether oxygens (including phenoxy) is 1. The fourth-order valence-electron chi connectivity index (χ4n) is 3.45. The Kier molecular flexibility index (Phi) is 5.24. The summed E-state index contributed by atoms with van der Waals surface area (Å²) >= 11 is 1.45. The van der Waals surface area contributed by atoms with Gasteiger partial charge in [0.05, 0.1) is 12.3 Å². The molecule has 3 rings (SSSR count). The fraction of sp³-hybridized carbons (Fsp3) is 0.714. The number of methoxy groups -OCH3 is 1. The van der Waals surface area contributed by atoms with Gasteiger partial charge < -0.3 is 15.4 Å². The topological polar surface area (TPSA) is 68.5 Å². The fourth-order valence-corrected chi connectivity index (χ4v) is 4.46. The van der Waals surface area contributed by atoms with Crippen LogP contribution in [0.4, 0.5) is 0 Å². The Bertz CT molecular complexity index is 522. The maximum atomic E-state index is 12.6. The van der Waals surface area contributed by atoms with E-state index in [0.29, 0.717) is 18.4 Å². The molecule has 1 aliphatic carbocycles. The Hall–Kier alpha value is -0.690. The number of thiazole rings is 1. The van der Waals surface area contributed by atoms with Gasteiger partial charge >= 0.3 is 0 Å². The van der Waals surface area contributed by atoms with Crippen LogP contribution in [-0.4, -0.2) is 42.0 Å². The second kappa shape index (κ2) is 6.60. The van der Waals surface area contributed by atoms with E-state index in [9.17, 15) is 4.79 Å². The zero-order chi connectivity index (χ0) is 14.3. The van der Waals surface area contributed by atoms with E-state index in [1.54, 1.807) is 7.11 Å². The molecule has 1 aromatic rings. The highest BCUT2D eigenvalue weighted by Crippen LogP contribution is 2.38. The smallest absolute Gasteiger partial charge is 0.265 e. The van der Waals surface area contributed by atoms with Crippen molar-refractivity contribution in [1.29, 1.82) is 0 Å². The van der Waals surface area contributed by atoms with Gasteiger partial charge in [0.15, 0.2) is 0 Å². The van der Waals surface area contributed by atoms with Gasteiger partial charge in [0.1, 0.15) is 9.88 Å². The standard InChI is InChI=1S/C14H21N3O2S.ClH/c1-8-13(20-12(16-8)7-19-2)14(18)17-5-9-3-4-11(15)10(9)6-17;/h9-11H,3-7,15H2,1-2H3;1H. The van der Waals surface area contributed by atoms with Gasteiger partial charge in [0.2, 0.25) is 0 Å². The Labute approximate surface area is 135 Å². The second-order valence-electron chi connectivity index (χ2n) is 5.83. The molecule has 7 heteroatoms. The van der Waals surface area contributed by atoms with Gasteiger partial charge in [0, 0.05) is 26.2 Å². The van der Waals surface area contributed by atoms with Gasteiger partial charge in [-0.05, 0) is 31.6 Å². The first-order chi connectivity index (χ1) is 9.60. The molecule has 2 aliphatic rings. The third-order valence-corrected chi connectivity index (χ3v) is 5.62. The molecule has 1 saturated heterocycles. The average molecular weight is 332 g/mol. The van der Waals surface area contributed by atoms with E-state index in [0.717, 1.165) is 41.5 Å². The molecular formula is C14H22ClN3O2S. The number of carbonyl (C=O) groups excluding carboxylic acids is 1. The minimum atomic E-state index is 0. The number of aryl methyl sites for hydroxylation is 1. The number of hydrogen-bond donors (Lipinski definition) is 1. The van der Waals surface area contributed by atoms with Crippen molar-refractivity contribution >= 4 is 29.7 Å². The molecule has 0 spiro atoms. The van der Waals surface area contributed by atoms with Crippen molar-refractivity contribution in [2.24, 2.45) is 17.6 Å². The average Bonchev–Trinajstić information content (AvgIpc) is 3.07. The van der Waals surface area contributed by atoms with Crippen LogP contribution in [0.1, 0.15) is 33.2 Å². The molecule has 3 atom stereocenters. The summed E-state index contributed by atoms with van der Waals surface area (Å²) in [5.74, 6) is 1.20. The first-order valence-electron chi connectivity index (χ1n) is 7.10. The zero-order valence-corrected chi connectivity index (χ0v) is 14.0. The van der Waals surface area contributed by atoms with Crippen molar-refractivity contribution < 1.29 is 9.53 Å². The van der Waals surface area contributed by atoms with E-state index in [4.69, 9.17) is 10.5 Å². The van der Waals surface area contributed by atoms with Crippen LogP contribution >= 0.6 is 23.7 Å². The Balaban J connectivity index is 0.00000161. The quantitative estimate of drug-likeness (QED) is 0.917. The van der Waals surface area contributed by atoms with E-state index in [-0.39, 0.29) is 24.4 Å². The Morgan fingerprint density at radius 1 is 1.48 bits per heavy atom. The second-order valence-corrected chi connectivity index (χ2v) is 6.91. The number of rotatable bonds is 3. The van der Waals surface area contributed by atoms with E-state index >= 15 is 0 Å². The number of halogens is 1. The van der Waals surface area contributed by atoms with Gasteiger partial charge in [-0.1, -0.05) is 0 Å². The number of aromatic nitrogens is 1. The number of likely N-dealkylation sites (tertiary alicyclic amines) is 1. The summed E-state index contributed by atoms with van der Waals surface area (Å²) in [6, 6.07) is 0.268. The van der Waals surface area contributed by atoms with Crippen LogP contribution in [0.15, 0.2) is 0 Å². The Morgan fingerprint density at radius 2 is 2.24 bits per heavy atom. The highest BCUT2D eigenvalue weighted by molar-refractivity contribution is 7.13. The summed E-state index contributed by atoms with van der Waals surface area (Å²) < 4.78 is 5.08. The summed E-state index contributed by atoms with van der Waals surface area (Å²) in [5, 5.41) is 0.865. The van der Waals surface area contributed by atoms with Crippen LogP contribution in [0.3, 0.4) is 0 Å². The van der Waals surface area contributed by atoms with Crippen molar-refractivity contribution in [3.05, 3.63) is 15.6 Å². The summed E-state index contributed by atoms with van der Waals surface area (Å²) in [6.45, 7) is 4.02. The van der Waals surface area contributed by atoms with Gasteiger partial charge in [-0.2, -0.15) is 0 Å². The molecule has 1 aliphatic heterocycles. The molecule has 2 heterocycles. The first-order valence-corrected chi connectivity index (χ1v) is 7.92. The summed E-state index contributed by atoms with van der Waals surface area (Å²) in [5.41, 5.74) is 6.94. The van der Waals surface area contributed by atoms with Gasteiger partial charge in [-0.25, -0.2) is 4.98 Å².